The number of hydrogen-bond donors (Lipinski definition) is 1. The van der Waals surface area contributed by atoms with E-state index in [9.17, 15) is 9.18 Å². The Kier molecular flexibility index (Phi) is 4.45. The second kappa shape index (κ2) is 5.63. The molecule has 94 valence electrons. The fraction of sp³-hybridized carbons (Fsp3) is 0.417. The minimum Gasteiger partial charge on any atom is -0.494 e. The van der Waals surface area contributed by atoms with Crippen molar-refractivity contribution in [3.8, 4) is 5.75 Å². The molecule has 1 aromatic rings. The molecule has 0 fully saturated rings. The fourth-order valence-corrected chi connectivity index (χ4v) is 1.35. The first-order chi connectivity index (χ1) is 8.01. The molecule has 4 nitrogen and oxygen atoms in total. The van der Waals surface area contributed by atoms with Gasteiger partial charge in [-0.2, -0.15) is 0 Å². The predicted octanol–water partition coefficient (Wildman–Crippen LogP) is 1.25. The summed E-state index contributed by atoms with van der Waals surface area (Å²) in [5.41, 5.74) is 5.87. The Balaban J connectivity index is 2.96. The van der Waals surface area contributed by atoms with Gasteiger partial charge in [-0.15, -0.1) is 0 Å². The first kappa shape index (κ1) is 13.4. The first-order valence-electron chi connectivity index (χ1n) is 5.32. The van der Waals surface area contributed by atoms with Gasteiger partial charge in [0.15, 0.2) is 11.6 Å². The standard InChI is InChI=1S/C12H17FN2O2/c1-8(7-14)15(2)12(16)9-4-5-10(13)11(6-9)17-3/h4-6,8H,7,14H2,1-3H3. The summed E-state index contributed by atoms with van der Waals surface area (Å²) in [6.07, 6.45) is 0. The normalized spacial score (nSPS) is 12.1. The molecule has 0 spiro atoms. The van der Waals surface area contributed by atoms with Crippen molar-refractivity contribution < 1.29 is 13.9 Å². The first-order valence-corrected chi connectivity index (χ1v) is 5.32. The lowest BCUT2D eigenvalue weighted by atomic mass is 10.1. The smallest absolute Gasteiger partial charge is 0.254 e. The van der Waals surface area contributed by atoms with E-state index in [1.807, 2.05) is 6.92 Å². The molecule has 0 aliphatic heterocycles. The van der Waals surface area contributed by atoms with Crippen molar-refractivity contribution in [2.75, 3.05) is 20.7 Å². The molecule has 2 N–H and O–H groups in total. The summed E-state index contributed by atoms with van der Waals surface area (Å²) in [5, 5.41) is 0. The van der Waals surface area contributed by atoms with Crippen LogP contribution in [-0.2, 0) is 0 Å². The fourth-order valence-electron chi connectivity index (χ4n) is 1.35. The Labute approximate surface area is 100 Å². The molecule has 0 radical (unpaired) electrons. The summed E-state index contributed by atoms with van der Waals surface area (Å²) in [6, 6.07) is 3.96. The van der Waals surface area contributed by atoms with Crippen molar-refractivity contribution in [1.29, 1.82) is 0 Å². The summed E-state index contributed by atoms with van der Waals surface area (Å²) in [4.78, 5) is 13.5. The highest BCUT2D eigenvalue weighted by Gasteiger charge is 2.17. The summed E-state index contributed by atoms with van der Waals surface area (Å²) in [5.74, 6) is -0.635. The van der Waals surface area contributed by atoms with E-state index in [1.54, 1.807) is 7.05 Å². The van der Waals surface area contributed by atoms with Crippen LogP contribution in [0.2, 0.25) is 0 Å². The van der Waals surface area contributed by atoms with Crippen LogP contribution in [-0.4, -0.2) is 37.6 Å². The van der Waals surface area contributed by atoms with Gasteiger partial charge >= 0.3 is 0 Å². The number of nitrogens with two attached hydrogens (primary N) is 1. The van der Waals surface area contributed by atoms with Gasteiger partial charge in [-0.1, -0.05) is 0 Å². The number of ether oxygens (including phenoxy) is 1. The van der Waals surface area contributed by atoms with Crippen molar-refractivity contribution >= 4 is 5.91 Å². The lowest BCUT2D eigenvalue weighted by Gasteiger charge is -2.23. The van der Waals surface area contributed by atoms with Gasteiger partial charge in [0.2, 0.25) is 0 Å². The van der Waals surface area contributed by atoms with Gasteiger partial charge in [-0.3, -0.25) is 4.79 Å². The molecular formula is C12H17FN2O2. The number of carbonyl (C=O) groups excluding carboxylic acids is 1. The number of amides is 1. The lowest BCUT2D eigenvalue weighted by Crippen LogP contribution is -2.39. The molecule has 0 saturated heterocycles. The van der Waals surface area contributed by atoms with Crippen LogP contribution in [0.5, 0.6) is 5.75 Å². The van der Waals surface area contributed by atoms with Crippen LogP contribution < -0.4 is 10.5 Å². The largest absolute Gasteiger partial charge is 0.494 e. The van der Waals surface area contributed by atoms with Gasteiger partial charge in [0.25, 0.3) is 5.91 Å². The van der Waals surface area contributed by atoms with Crippen LogP contribution in [0.3, 0.4) is 0 Å². The number of carbonyl (C=O) groups is 1. The van der Waals surface area contributed by atoms with Crippen molar-refractivity contribution in [3.63, 3.8) is 0 Å². The van der Waals surface area contributed by atoms with Crippen molar-refractivity contribution in [1.82, 2.24) is 4.90 Å². The third-order valence-electron chi connectivity index (χ3n) is 2.72. The van der Waals surface area contributed by atoms with Crippen molar-refractivity contribution in [2.24, 2.45) is 5.73 Å². The van der Waals surface area contributed by atoms with E-state index in [2.05, 4.69) is 0 Å². The average molecular weight is 240 g/mol. The molecule has 5 heteroatoms. The minimum absolute atomic E-state index is 0.0599. The molecule has 0 aliphatic rings. The SMILES string of the molecule is COc1cc(C(=O)N(C)C(C)CN)ccc1F. The zero-order chi connectivity index (χ0) is 13.0. The molecule has 1 atom stereocenters. The molecule has 0 saturated carbocycles. The van der Waals surface area contributed by atoms with Crippen LogP contribution in [0.15, 0.2) is 18.2 Å². The topological polar surface area (TPSA) is 55.6 Å². The Morgan fingerprint density at radius 1 is 1.59 bits per heavy atom. The van der Waals surface area contributed by atoms with E-state index in [1.165, 1.54) is 30.2 Å². The van der Waals surface area contributed by atoms with Gasteiger partial charge in [0.1, 0.15) is 0 Å². The van der Waals surface area contributed by atoms with Crippen LogP contribution in [0.4, 0.5) is 4.39 Å². The Morgan fingerprint density at radius 3 is 2.76 bits per heavy atom. The third-order valence-corrected chi connectivity index (χ3v) is 2.72. The number of nitrogens with zero attached hydrogens (tertiary/aromatic N) is 1. The van der Waals surface area contributed by atoms with E-state index in [0.29, 0.717) is 12.1 Å². The van der Waals surface area contributed by atoms with Crippen LogP contribution in [0.1, 0.15) is 17.3 Å². The average Bonchev–Trinajstić information content (AvgIpc) is 2.36. The van der Waals surface area contributed by atoms with Crippen LogP contribution >= 0.6 is 0 Å². The highest BCUT2D eigenvalue weighted by molar-refractivity contribution is 5.94. The second-order valence-corrected chi connectivity index (χ2v) is 3.85. The van der Waals surface area contributed by atoms with Gasteiger partial charge in [0.05, 0.1) is 7.11 Å². The Bertz CT molecular complexity index is 409. The number of halogens is 1. The van der Waals surface area contributed by atoms with Gasteiger partial charge < -0.3 is 15.4 Å². The third kappa shape index (κ3) is 2.94. The Morgan fingerprint density at radius 2 is 2.24 bits per heavy atom. The molecule has 1 unspecified atom stereocenters. The molecule has 0 aliphatic carbocycles. The van der Waals surface area contributed by atoms with E-state index >= 15 is 0 Å². The van der Waals surface area contributed by atoms with Gasteiger partial charge in [0, 0.05) is 25.2 Å². The molecule has 0 heterocycles. The molecule has 0 aromatic heterocycles. The summed E-state index contributed by atoms with van der Waals surface area (Å²) >= 11 is 0. The maximum absolute atomic E-state index is 13.2. The van der Waals surface area contributed by atoms with E-state index in [0.717, 1.165) is 0 Å². The highest BCUT2D eigenvalue weighted by atomic mass is 19.1. The molecule has 0 bridgehead atoms. The zero-order valence-corrected chi connectivity index (χ0v) is 10.2. The molecule has 1 rings (SSSR count). The van der Waals surface area contributed by atoms with Crippen molar-refractivity contribution in [2.45, 2.75) is 13.0 Å². The predicted molar refractivity (Wildman–Crippen MR) is 63.6 cm³/mol. The monoisotopic (exact) mass is 240 g/mol. The maximum Gasteiger partial charge on any atom is 0.254 e. The molecule has 17 heavy (non-hydrogen) atoms. The molecule has 1 amide bonds. The number of benzene rings is 1. The number of hydrogen-bond acceptors (Lipinski definition) is 3. The van der Waals surface area contributed by atoms with Gasteiger partial charge in [-0.05, 0) is 25.1 Å². The Hall–Kier alpha value is -1.62. The van der Waals surface area contributed by atoms with Crippen molar-refractivity contribution in [3.05, 3.63) is 29.6 Å². The summed E-state index contributed by atoms with van der Waals surface area (Å²) in [6.45, 7) is 2.22. The maximum atomic E-state index is 13.2. The summed E-state index contributed by atoms with van der Waals surface area (Å²) in [7, 11) is 3.02. The molecule has 1 aromatic carbocycles. The van der Waals surface area contributed by atoms with E-state index in [4.69, 9.17) is 10.5 Å². The second-order valence-electron chi connectivity index (χ2n) is 3.85. The van der Waals surface area contributed by atoms with Crippen LogP contribution in [0, 0.1) is 5.82 Å². The molecular weight excluding hydrogens is 223 g/mol. The van der Waals surface area contributed by atoms with Crippen LogP contribution in [0.25, 0.3) is 0 Å². The number of likely N-dealkylation sites (N-methyl/N-ethyl adjacent to an activating group) is 1. The number of methoxy groups -OCH3 is 1. The zero-order valence-electron chi connectivity index (χ0n) is 10.2. The summed E-state index contributed by atoms with van der Waals surface area (Å²) < 4.78 is 18.0. The lowest BCUT2D eigenvalue weighted by molar-refractivity contribution is 0.0748. The number of rotatable bonds is 4. The van der Waals surface area contributed by atoms with E-state index < -0.39 is 5.82 Å². The van der Waals surface area contributed by atoms with E-state index in [-0.39, 0.29) is 17.7 Å². The minimum atomic E-state index is -0.487. The van der Waals surface area contributed by atoms with Gasteiger partial charge in [-0.25, -0.2) is 4.39 Å². The quantitative estimate of drug-likeness (QED) is 0.861. The highest BCUT2D eigenvalue weighted by Crippen LogP contribution is 2.19.